The van der Waals surface area contributed by atoms with Crippen LogP contribution in [0.1, 0.15) is 12.0 Å². The first-order valence-corrected chi connectivity index (χ1v) is 9.08. The summed E-state index contributed by atoms with van der Waals surface area (Å²) < 4.78 is 15.8. The lowest BCUT2D eigenvalue weighted by Gasteiger charge is -2.33. The van der Waals surface area contributed by atoms with Gasteiger partial charge in [0.25, 0.3) is 0 Å². The number of halogens is 2. The quantitative estimate of drug-likeness (QED) is 0.632. The third-order valence-corrected chi connectivity index (χ3v) is 5.07. The van der Waals surface area contributed by atoms with Crippen molar-refractivity contribution >= 4 is 28.6 Å². The van der Waals surface area contributed by atoms with Crippen molar-refractivity contribution in [3.63, 3.8) is 0 Å². The van der Waals surface area contributed by atoms with Gasteiger partial charge in [-0.2, -0.15) is 5.10 Å². The molecule has 3 aromatic rings. The molecule has 1 saturated heterocycles. The Kier molecular flexibility index (Phi) is 4.96. The van der Waals surface area contributed by atoms with Gasteiger partial charge in [0.1, 0.15) is 17.7 Å². The summed E-state index contributed by atoms with van der Waals surface area (Å²) in [5, 5.41) is 17.7. The summed E-state index contributed by atoms with van der Waals surface area (Å²) in [4.78, 5) is 6.42. The van der Waals surface area contributed by atoms with E-state index in [2.05, 4.69) is 20.3 Å². The largest absolute Gasteiger partial charge is 0.390 e. The summed E-state index contributed by atoms with van der Waals surface area (Å²) in [7, 11) is 0. The lowest BCUT2D eigenvalue weighted by Crippen LogP contribution is -2.50. The van der Waals surface area contributed by atoms with Crippen LogP contribution in [-0.4, -0.2) is 49.8 Å². The number of nitrogens with two attached hydrogens (primary N) is 1. The molecule has 0 aliphatic carbocycles. The first-order chi connectivity index (χ1) is 13.0. The van der Waals surface area contributed by atoms with E-state index in [1.54, 1.807) is 4.52 Å². The first kappa shape index (κ1) is 18.1. The number of piperidine rings is 1. The van der Waals surface area contributed by atoms with Crippen LogP contribution < -0.4 is 11.1 Å². The number of benzene rings is 1. The molecule has 1 fully saturated rings. The summed E-state index contributed by atoms with van der Waals surface area (Å²) in [6.45, 7) is 1.92. The Morgan fingerprint density at radius 2 is 2.22 bits per heavy atom. The van der Waals surface area contributed by atoms with Gasteiger partial charge in [-0.05, 0) is 36.2 Å². The Bertz CT molecular complexity index is 964. The van der Waals surface area contributed by atoms with E-state index in [-0.39, 0.29) is 11.7 Å². The van der Waals surface area contributed by atoms with Gasteiger partial charge in [-0.15, -0.1) is 0 Å². The van der Waals surface area contributed by atoms with Crippen LogP contribution in [0.15, 0.2) is 36.8 Å². The van der Waals surface area contributed by atoms with Crippen molar-refractivity contribution in [3.8, 4) is 0 Å². The van der Waals surface area contributed by atoms with Gasteiger partial charge in [-0.1, -0.05) is 11.6 Å². The number of aromatic nitrogens is 3. The fourth-order valence-corrected chi connectivity index (χ4v) is 3.53. The topological polar surface area (TPSA) is 91.7 Å². The number of fused-ring (bicyclic) bond motifs is 1. The van der Waals surface area contributed by atoms with E-state index in [4.69, 9.17) is 17.3 Å². The summed E-state index contributed by atoms with van der Waals surface area (Å²) in [6.07, 6.45) is 3.44. The lowest BCUT2D eigenvalue weighted by molar-refractivity contribution is 0.0501. The molecule has 3 heterocycles. The Morgan fingerprint density at radius 3 is 3.04 bits per heavy atom. The standard InChI is InChI=1S/C18H20ClFN6O/c19-12-1-2-13(20)15(7-12)24-18-17-11(3-6-26(17)23-10-22-18)8-25-5-4-14(21)16(27)9-25/h1-3,6-7,10,14,16,27H,4-5,8-9,21H2,(H,22,23,24)/t14-,16-/m1/s1. The molecule has 0 saturated carbocycles. The molecule has 4 N–H and O–H groups in total. The van der Waals surface area contributed by atoms with E-state index in [1.807, 2.05) is 12.3 Å². The van der Waals surface area contributed by atoms with Gasteiger partial charge in [-0.3, -0.25) is 4.90 Å². The minimum Gasteiger partial charge on any atom is -0.390 e. The molecule has 0 bridgehead atoms. The molecule has 1 aliphatic heterocycles. The number of rotatable bonds is 4. The third-order valence-electron chi connectivity index (χ3n) is 4.83. The summed E-state index contributed by atoms with van der Waals surface area (Å²) >= 11 is 5.98. The molecule has 9 heteroatoms. The fraction of sp³-hybridized carbons (Fsp3) is 0.333. The molecule has 1 aromatic carbocycles. The number of aliphatic hydroxyl groups is 1. The van der Waals surface area contributed by atoms with E-state index in [1.165, 1.54) is 24.5 Å². The van der Waals surface area contributed by atoms with Gasteiger partial charge in [-0.25, -0.2) is 13.9 Å². The highest BCUT2D eigenvalue weighted by Gasteiger charge is 2.25. The lowest BCUT2D eigenvalue weighted by atomic mass is 10.0. The predicted molar refractivity (Wildman–Crippen MR) is 102 cm³/mol. The van der Waals surface area contributed by atoms with Crippen LogP contribution in [0.3, 0.4) is 0 Å². The van der Waals surface area contributed by atoms with Crippen LogP contribution in [0.2, 0.25) is 5.02 Å². The van der Waals surface area contributed by atoms with Gasteiger partial charge in [0.05, 0.1) is 11.8 Å². The maximum atomic E-state index is 14.1. The molecule has 2 aromatic heterocycles. The van der Waals surface area contributed by atoms with E-state index in [0.717, 1.165) is 24.0 Å². The molecule has 1 aliphatic rings. The smallest absolute Gasteiger partial charge is 0.158 e. The van der Waals surface area contributed by atoms with Gasteiger partial charge in [0, 0.05) is 36.9 Å². The molecule has 142 valence electrons. The van der Waals surface area contributed by atoms with E-state index in [9.17, 15) is 9.50 Å². The monoisotopic (exact) mass is 390 g/mol. The molecule has 7 nitrogen and oxygen atoms in total. The molecular formula is C18H20ClFN6O. The normalized spacial score (nSPS) is 20.9. The third kappa shape index (κ3) is 3.74. The van der Waals surface area contributed by atoms with E-state index in [0.29, 0.717) is 23.9 Å². The highest BCUT2D eigenvalue weighted by Crippen LogP contribution is 2.27. The summed E-state index contributed by atoms with van der Waals surface area (Å²) in [6, 6.07) is 6.08. The molecule has 0 spiro atoms. The van der Waals surface area contributed by atoms with Gasteiger partial charge in [0.2, 0.25) is 0 Å². The summed E-state index contributed by atoms with van der Waals surface area (Å²) in [5.41, 5.74) is 7.86. The molecule has 27 heavy (non-hydrogen) atoms. The number of nitrogens with one attached hydrogen (secondary N) is 1. The highest BCUT2D eigenvalue weighted by atomic mass is 35.5. The molecule has 0 radical (unpaired) electrons. The van der Waals surface area contributed by atoms with Crippen LogP contribution >= 0.6 is 11.6 Å². The van der Waals surface area contributed by atoms with Crippen molar-refractivity contribution in [3.05, 3.63) is 53.2 Å². The predicted octanol–water partition coefficient (Wildman–Crippen LogP) is 2.16. The Labute approximate surface area is 160 Å². The summed E-state index contributed by atoms with van der Waals surface area (Å²) in [5.74, 6) is 0.0674. The minimum absolute atomic E-state index is 0.182. The highest BCUT2D eigenvalue weighted by molar-refractivity contribution is 6.30. The van der Waals surface area contributed by atoms with Crippen molar-refractivity contribution < 1.29 is 9.50 Å². The molecule has 0 unspecified atom stereocenters. The van der Waals surface area contributed by atoms with Crippen molar-refractivity contribution in [1.82, 2.24) is 19.5 Å². The Balaban J connectivity index is 1.64. The van der Waals surface area contributed by atoms with E-state index >= 15 is 0 Å². The Hall–Kier alpha value is -2.26. The van der Waals surface area contributed by atoms with Crippen molar-refractivity contribution in [2.75, 3.05) is 18.4 Å². The number of anilines is 2. The van der Waals surface area contributed by atoms with Gasteiger partial charge in [0.15, 0.2) is 5.82 Å². The van der Waals surface area contributed by atoms with Crippen molar-refractivity contribution in [1.29, 1.82) is 0 Å². The average Bonchev–Trinajstić information content (AvgIpc) is 3.05. The Morgan fingerprint density at radius 1 is 1.37 bits per heavy atom. The molecule has 0 amide bonds. The number of likely N-dealkylation sites (tertiary alicyclic amines) is 1. The number of nitrogens with zero attached hydrogens (tertiary/aromatic N) is 4. The second-order valence-electron chi connectivity index (χ2n) is 6.75. The maximum Gasteiger partial charge on any atom is 0.158 e. The number of aliphatic hydroxyl groups excluding tert-OH is 1. The van der Waals surface area contributed by atoms with Crippen LogP contribution in [0.25, 0.3) is 5.52 Å². The zero-order chi connectivity index (χ0) is 19.0. The van der Waals surface area contributed by atoms with Crippen LogP contribution in [-0.2, 0) is 6.54 Å². The van der Waals surface area contributed by atoms with E-state index < -0.39 is 11.9 Å². The second-order valence-corrected chi connectivity index (χ2v) is 7.18. The van der Waals surface area contributed by atoms with Crippen molar-refractivity contribution in [2.24, 2.45) is 5.73 Å². The van der Waals surface area contributed by atoms with Gasteiger partial charge >= 0.3 is 0 Å². The zero-order valence-electron chi connectivity index (χ0n) is 14.5. The number of hydrogen-bond donors (Lipinski definition) is 3. The molecule has 4 rings (SSSR count). The fourth-order valence-electron chi connectivity index (χ4n) is 3.36. The average molecular weight is 391 g/mol. The van der Waals surface area contributed by atoms with Gasteiger partial charge < -0.3 is 16.2 Å². The van der Waals surface area contributed by atoms with Crippen LogP contribution in [0.5, 0.6) is 0 Å². The molecular weight excluding hydrogens is 371 g/mol. The van der Waals surface area contributed by atoms with Crippen LogP contribution in [0.4, 0.5) is 15.9 Å². The first-order valence-electron chi connectivity index (χ1n) is 8.70. The zero-order valence-corrected chi connectivity index (χ0v) is 15.3. The SMILES string of the molecule is N[C@@H]1CCN(Cc2ccn3ncnc(Nc4cc(Cl)ccc4F)c23)C[C@H]1O. The number of hydrogen-bond acceptors (Lipinski definition) is 6. The van der Waals surface area contributed by atoms with Crippen molar-refractivity contribution in [2.45, 2.75) is 25.1 Å². The maximum absolute atomic E-state index is 14.1. The number of β-amino-alcohol motifs (C(OH)–C–C–N with tert-alkyl or cyclic N) is 1. The molecule has 2 atom stereocenters. The minimum atomic E-state index is -0.540. The second kappa shape index (κ2) is 7.40. The van der Waals surface area contributed by atoms with Crippen LogP contribution in [0, 0.1) is 5.82 Å².